The maximum atomic E-state index is 11.7. The first-order valence-corrected chi connectivity index (χ1v) is 7.73. The fraction of sp³-hybridized carbons (Fsp3) is 0.562. The Morgan fingerprint density at radius 2 is 2.05 bits per heavy atom. The predicted octanol–water partition coefficient (Wildman–Crippen LogP) is 3.54. The number of hydrogen-bond acceptors (Lipinski definition) is 5. The van der Waals surface area contributed by atoms with Crippen LogP contribution in [0.2, 0.25) is 0 Å². The molecule has 0 aromatic heterocycles. The highest BCUT2D eigenvalue weighted by molar-refractivity contribution is 5.91. The lowest BCUT2D eigenvalue weighted by molar-refractivity contribution is -0.384. The van der Waals surface area contributed by atoms with Gasteiger partial charge in [-0.2, -0.15) is 0 Å². The van der Waals surface area contributed by atoms with Crippen molar-refractivity contribution < 1.29 is 14.5 Å². The summed E-state index contributed by atoms with van der Waals surface area (Å²) in [5, 5.41) is 11.4. The van der Waals surface area contributed by atoms with Gasteiger partial charge in [0, 0.05) is 19.2 Å². The van der Waals surface area contributed by atoms with E-state index in [0.717, 1.165) is 25.7 Å². The number of anilines is 1. The molecule has 1 saturated carbocycles. The molecule has 1 aromatic carbocycles. The SMILES string of the molecule is CCOC(=O)c1ccc(N(C)C2CCCCC2)c([N+](=O)[O-])c1. The Balaban J connectivity index is 2.30. The molecule has 0 aliphatic heterocycles. The average molecular weight is 306 g/mol. The van der Waals surface area contributed by atoms with Crippen LogP contribution in [0, 0.1) is 10.1 Å². The second kappa shape index (κ2) is 7.24. The quantitative estimate of drug-likeness (QED) is 0.472. The van der Waals surface area contributed by atoms with E-state index in [1.807, 2.05) is 11.9 Å². The standard InChI is InChI=1S/C16H22N2O4/c1-3-22-16(19)12-9-10-14(15(11-12)18(20)21)17(2)13-7-5-4-6-8-13/h9-11,13H,3-8H2,1-2H3. The number of nitro benzene ring substituents is 1. The number of hydrogen-bond donors (Lipinski definition) is 0. The molecule has 0 N–H and O–H groups in total. The highest BCUT2D eigenvalue weighted by atomic mass is 16.6. The van der Waals surface area contributed by atoms with Crippen molar-refractivity contribution in [2.75, 3.05) is 18.6 Å². The fourth-order valence-corrected chi connectivity index (χ4v) is 2.97. The van der Waals surface area contributed by atoms with Gasteiger partial charge >= 0.3 is 5.97 Å². The van der Waals surface area contributed by atoms with Gasteiger partial charge in [-0.3, -0.25) is 10.1 Å². The van der Waals surface area contributed by atoms with Gasteiger partial charge in [0.2, 0.25) is 0 Å². The predicted molar refractivity (Wildman–Crippen MR) is 84.3 cm³/mol. The highest BCUT2D eigenvalue weighted by Crippen LogP contribution is 2.33. The molecule has 0 atom stereocenters. The summed E-state index contributed by atoms with van der Waals surface area (Å²) < 4.78 is 4.90. The van der Waals surface area contributed by atoms with Gasteiger partial charge in [0.15, 0.2) is 0 Å². The zero-order valence-electron chi connectivity index (χ0n) is 13.1. The number of ether oxygens (including phenoxy) is 1. The summed E-state index contributed by atoms with van der Waals surface area (Å²) in [6.45, 7) is 1.95. The van der Waals surface area contributed by atoms with Crippen molar-refractivity contribution in [3.8, 4) is 0 Å². The Morgan fingerprint density at radius 3 is 2.64 bits per heavy atom. The fourth-order valence-electron chi connectivity index (χ4n) is 2.97. The molecule has 6 nitrogen and oxygen atoms in total. The van der Waals surface area contributed by atoms with Crippen molar-refractivity contribution in [2.45, 2.75) is 45.1 Å². The van der Waals surface area contributed by atoms with E-state index in [1.165, 1.54) is 12.5 Å². The minimum atomic E-state index is -0.530. The van der Waals surface area contributed by atoms with Gasteiger partial charge in [-0.15, -0.1) is 0 Å². The van der Waals surface area contributed by atoms with E-state index >= 15 is 0 Å². The van der Waals surface area contributed by atoms with Gasteiger partial charge in [0.25, 0.3) is 5.69 Å². The summed E-state index contributed by atoms with van der Waals surface area (Å²) in [5.41, 5.74) is 0.734. The van der Waals surface area contributed by atoms with E-state index < -0.39 is 10.9 Å². The highest BCUT2D eigenvalue weighted by Gasteiger charge is 2.25. The number of benzene rings is 1. The summed E-state index contributed by atoms with van der Waals surface area (Å²) in [6.07, 6.45) is 5.64. The van der Waals surface area contributed by atoms with Crippen LogP contribution in [-0.2, 0) is 4.74 Å². The van der Waals surface area contributed by atoms with Gasteiger partial charge in [0.05, 0.1) is 17.1 Å². The number of rotatable bonds is 5. The summed E-state index contributed by atoms with van der Waals surface area (Å²) in [5.74, 6) is -0.530. The van der Waals surface area contributed by atoms with Crippen LogP contribution in [0.15, 0.2) is 18.2 Å². The molecular formula is C16H22N2O4. The van der Waals surface area contributed by atoms with E-state index in [2.05, 4.69) is 0 Å². The second-order valence-corrected chi connectivity index (χ2v) is 5.58. The van der Waals surface area contributed by atoms with Crippen LogP contribution in [0.1, 0.15) is 49.4 Å². The van der Waals surface area contributed by atoms with Crippen LogP contribution in [0.5, 0.6) is 0 Å². The minimum absolute atomic E-state index is 0.0429. The molecule has 1 aliphatic carbocycles. The van der Waals surface area contributed by atoms with Crippen molar-refractivity contribution >= 4 is 17.3 Å². The maximum absolute atomic E-state index is 11.7. The molecule has 1 fully saturated rings. The molecule has 0 radical (unpaired) electrons. The molecular weight excluding hydrogens is 284 g/mol. The van der Waals surface area contributed by atoms with Crippen LogP contribution in [0.3, 0.4) is 0 Å². The van der Waals surface area contributed by atoms with Crippen LogP contribution in [0.4, 0.5) is 11.4 Å². The van der Waals surface area contributed by atoms with Crippen LogP contribution < -0.4 is 4.90 Å². The van der Waals surface area contributed by atoms with Gasteiger partial charge in [0.1, 0.15) is 5.69 Å². The summed E-state index contributed by atoms with van der Waals surface area (Å²) in [7, 11) is 1.89. The third kappa shape index (κ3) is 3.55. The first-order valence-electron chi connectivity index (χ1n) is 7.73. The van der Waals surface area contributed by atoms with Crippen molar-refractivity contribution in [1.82, 2.24) is 0 Å². The number of nitro groups is 1. The first-order chi connectivity index (χ1) is 10.5. The molecule has 0 heterocycles. The summed E-state index contributed by atoms with van der Waals surface area (Å²) >= 11 is 0. The van der Waals surface area contributed by atoms with Crippen molar-refractivity contribution in [3.05, 3.63) is 33.9 Å². The molecule has 0 unspecified atom stereocenters. The van der Waals surface area contributed by atoms with E-state index in [4.69, 9.17) is 4.74 Å². The molecule has 1 aromatic rings. The lowest BCUT2D eigenvalue weighted by Crippen LogP contribution is -2.33. The Morgan fingerprint density at radius 1 is 1.36 bits per heavy atom. The molecule has 120 valence electrons. The van der Waals surface area contributed by atoms with Crippen LogP contribution >= 0.6 is 0 Å². The Bertz CT molecular complexity index is 553. The van der Waals surface area contributed by atoms with Crippen molar-refractivity contribution in [3.63, 3.8) is 0 Å². The van der Waals surface area contributed by atoms with E-state index in [-0.39, 0.29) is 17.9 Å². The molecule has 0 amide bonds. The topological polar surface area (TPSA) is 72.7 Å². The summed E-state index contributed by atoms with van der Waals surface area (Å²) in [6, 6.07) is 4.88. The zero-order chi connectivity index (χ0) is 16.1. The molecule has 6 heteroatoms. The monoisotopic (exact) mass is 306 g/mol. The maximum Gasteiger partial charge on any atom is 0.338 e. The summed E-state index contributed by atoms with van der Waals surface area (Å²) in [4.78, 5) is 24.7. The largest absolute Gasteiger partial charge is 0.462 e. The molecule has 0 spiro atoms. The molecule has 22 heavy (non-hydrogen) atoms. The molecule has 2 rings (SSSR count). The molecule has 1 aliphatic rings. The lowest BCUT2D eigenvalue weighted by Gasteiger charge is -2.32. The lowest BCUT2D eigenvalue weighted by atomic mass is 9.94. The Labute approximate surface area is 130 Å². The number of nitrogens with zero attached hydrogens (tertiary/aromatic N) is 2. The van der Waals surface area contributed by atoms with Crippen molar-refractivity contribution in [1.29, 1.82) is 0 Å². The van der Waals surface area contributed by atoms with E-state index in [0.29, 0.717) is 11.7 Å². The average Bonchev–Trinajstić information content (AvgIpc) is 2.54. The Kier molecular flexibility index (Phi) is 5.35. The Hall–Kier alpha value is -2.11. The van der Waals surface area contributed by atoms with Crippen LogP contribution in [-0.4, -0.2) is 30.6 Å². The molecule has 0 bridgehead atoms. The normalized spacial score (nSPS) is 15.4. The van der Waals surface area contributed by atoms with Crippen LogP contribution in [0.25, 0.3) is 0 Å². The second-order valence-electron chi connectivity index (χ2n) is 5.58. The third-order valence-corrected chi connectivity index (χ3v) is 4.19. The number of carbonyl (C=O) groups excluding carboxylic acids is 1. The number of carbonyl (C=O) groups is 1. The molecule has 0 saturated heterocycles. The van der Waals surface area contributed by atoms with E-state index in [1.54, 1.807) is 19.1 Å². The first kappa shape index (κ1) is 16.3. The van der Waals surface area contributed by atoms with Crippen molar-refractivity contribution in [2.24, 2.45) is 0 Å². The van der Waals surface area contributed by atoms with Gasteiger partial charge in [-0.05, 0) is 31.9 Å². The third-order valence-electron chi connectivity index (χ3n) is 4.19. The van der Waals surface area contributed by atoms with E-state index in [9.17, 15) is 14.9 Å². The number of esters is 1. The minimum Gasteiger partial charge on any atom is -0.462 e. The van der Waals surface area contributed by atoms with Gasteiger partial charge in [-0.25, -0.2) is 4.79 Å². The van der Waals surface area contributed by atoms with Gasteiger partial charge in [-0.1, -0.05) is 19.3 Å². The smallest absolute Gasteiger partial charge is 0.338 e. The zero-order valence-corrected chi connectivity index (χ0v) is 13.1. The van der Waals surface area contributed by atoms with Gasteiger partial charge < -0.3 is 9.64 Å².